The summed E-state index contributed by atoms with van der Waals surface area (Å²) in [4.78, 5) is 22.9. The van der Waals surface area contributed by atoms with Gasteiger partial charge in [0.1, 0.15) is 0 Å². The maximum Gasteiger partial charge on any atom is 0.404 e. The third kappa shape index (κ3) is 6.39. The lowest BCUT2D eigenvalue weighted by Gasteiger charge is -2.56. The topological polar surface area (TPSA) is 81.4 Å². The molecule has 4 fully saturated rings. The molecule has 0 aromatic carbocycles. The third-order valence-corrected chi connectivity index (χ3v) is 6.99. The van der Waals surface area contributed by atoms with E-state index in [0.717, 1.165) is 43.4 Å². The standard InChI is InChI=1S/C22H38N2O3/c23-21(26)27-10-8-6-4-2-1-3-5-7-9-20(25)24-22-14-17-11-18(15-22)13-19(12-17)16-22/h17-19H,1-16H2,(H2,23,26)(H,24,25). The Morgan fingerprint density at radius 2 is 1.30 bits per heavy atom. The number of nitrogens with two attached hydrogens (primary N) is 1. The van der Waals surface area contributed by atoms with Gasteiger partial charge in [-0.05, 0) is 69.1 Å². The van der Waals surface area contributed by atoms with Gasteiger partial charge in [0.2, 0.25) is 5.91 Å². The van der Waals surface area contributed by atoms with Crippen molar-refractivity contribution in [2.45, 2.75) is 102 Å². The predicted octanol–water partition coefficient (Wildman–Crippen LogP) is 4.68. The van der Waals surface area contributed by atoms with E-state index in [4.69, 9.17) is 10.5 Å². The normalized spacial score (nSPS) is 31.0. The largest absolute Gasteiger partial charge is 0.450 e. The number of rotatable bonds is 12. The number of hydrogen-bond acceptors (Lipinski definition) is 3. The summed E-state index contributed by atoms with van der Waals surface area (Å²) in [5, 5.41) is 3.48. The van der Waals surface area contributed by atoms with Crippen LogP contribution in [-0.2, 0) is 9.53 Å². The molecular formula is C22H38N2O3. The molecule has 27 heavy (non-hydrogen) atoms. The minimum Gasteiger partial charge on any atom is -0.450 e. The zero-order valence-electron chi connectivity index (χ0n) is 16.8. The van der Waals surface area contributed by atoms with Crippen molar-refractivity contribution in [1.82, 2.24) is 5.32 Å². The minimum atomic E-state index is -0.678. The maximum atomic E-state index is 12.5. The van der Waals surface area contributed by atoms with Gasteiger partial charge in [0, 0.05) is 12.0 Å². The summed E-state index contributed by atoms with van der Waals surface area (Å²) in [6, 6.07) is 0. The van der Waals surface area contributed by atoms with E-state index in [0.29, 0.717) is 18.9 Å². The summed E-state index contributed by atoms with van der Waals surface area (Å²) in [6.07, 6.45) is 17.0. The van der Waals surface area contributed by atoms with Gasteiger partial charge in [0.05, 0.1) is 6.61 Å². The number of primary amides is 1. The number of unbranched alkanes of at least 4 members (excludes halogenated alkanes) is 7. The van der Waals surface area contributed by atoms with Crippen LogP contribution in [0.25, 0.3) is 0 Å². The Morgan fingerprint density at radius 3 is 1.81 bits per heavy atom. The van der Waals surface area contributed by atoms with Gasteiger partial charge in [-0.1, -0.05) is 38.5 Å². The molecule has 4 saturated carbocycles. The first-order chi connectivity index (χ1) is 13.0. The maximum absolute atomic E-state index is 12.5. The Hall–Kier alpha value is -1.26. The number of carbonyl (C=O) groups is 2. The van der Waals surface area contributed by atoms with Crippen molar-refractivity contribution < 1.29 is 14.3 Å². The average molecular weight is 379 g/mol. The molecule has 2 amide bonds. The summed E-state index contributed by atoms with van der Waals surface area (Å²) in [6.45, 7) is 0.439. The summed E-state index contributed by atoms with van der Waals surface area (Å²) in [5.41, 5.74) is 5.09. The van der Waals surface area contributed by atoms with Crippen molar-refractivity contribution >= 4 is 12.0 Å². The van der Waals surface area contributed by atoms with Crippen LogP contribution in [0.1, 0.15) is 96.3 Å². The highest BCUT2D eigenvalue weighted by Gasteiger charge is 2.51. The highest BCUT2D eigenvalue weighted by molar-refractivity contribution is 5.76. The molecule has 4 aliphatic carbocycles. The second-order valence-electron chi connectivity index (χ2n) is 9.49. The van der Waals surface area contributed by atoms with Gasteiger partial charge in [0.25, 0.3) is 0 Å². The van der Waals surface area contributed by atoms with Crippen LogP contribution in [0.5, 0.6) is 0 Å². The fourth-order valence-corrected chi connectivity index (χ4v) is 6.24. The minimum absolute atomic E-state index is 0.171. The molecule has 0 atom stereocenters. The first kappa shape index (κ1) is 20.5. The second kappa shape index (κ2) is 9.79. The van der Waals surface area contributed by atoms with Crippen LogP contribution in [-0.4, -0.2) is 24.1 Å². The van der Waals surface area contributed by atoms with Crippen LogP contribution in [0.4, 0.5) is 4.79 Å². The van der Waals surface area contributed by atoms with Gasteiger partial charge in [-0.25, -0.2) is 4.79 Å². The Morgan fingerprint density at radius 1 is 0.815 bits per heavy atom. The molecule has 0 radical (unpaired) electrons. The molecule has 0 spiro atoms. The van der Waals surface area contributed by atoms with E-state index in [9.17, 15) is 9.59 Å². The first-order valence-corrected chi connectivity index (χ1v) is 11.3. The molecule has 0 saturated heterocycles. The number of ether oxygens (including phenoxy) is 1. The summed E-state index contributed by atoms with van der Waals surface area (Å²) in [5.74, 6) is 2.96. The molecule has 0 heterocycles. The molecule has 3 N–H and O–H groups in total. The molecule has 5 nitrogen and oxygen atoms in total. The van der Waals surface area contributed by atoms with Gasteiger partial charge in [-0.15, -0.1) is 0 Å². The van der Waals surface area contributed by atoms with Gasteiger partial charge >= 0.3 is 6.09 Å². The lowest BCUT2D eigenvalue weighted by atomic mass is 9.53. The van der Waals surface area contributed by atoms with Crippen molar-refractivity contribution in [3.63, 3.8) is 0 Å². The Kier molecular flexibility index (Phi) is 7.42. The molecule has 154 valence electrons. The second-order valence-corrected chi connectivity index (χ2v) is 9.49. The Balaban J connectivity index is 1.18. The molecule has 4 aliphatic rings. The SMILES string of the molecule is NC(=O)OCCCCCCCCCCC(=O)NC12CC3CC(CC(C3)C1)C2. The van der Waals surface area contributed by atoms with E-state index in [1.165, 1.54) is 64.2 Å². The molecule has 0 unspecified atom stereocenters. The Bertz CT molecular complexity index is 471. The summed E-state index contributed by atoms with van der Waals surface area (Å²) in [7, 11) is 0. The van der Waals surface area contributed by atoms with Crippen molar-refractivity contribution in [3.05, 3.63) is 0 Å². The highest BCUT2D eigenvalue weighted by atomic mass is 16.5. The zero-order chi connectivity index (χ0) is 19.1. The predicted molar refractivity (Wildman–Crippen MR) is 106 cm³/mol. The quantitative estimate of drug-likeness (QED) is 0.484. The van der Waals surface area contributed by atoms with Gasteiger partial charge in [0.15, 0.2) is 0 Å². The number of amides is 2. The van der Waals surface area contributed by atoms with Gasteiger partial charge < -0.3 is 15.8 Å². The van der Waals surface area contributed by atoms with E-state index in [1.54, 1.807) is 0 Å². The molecule has 0 aliphatic heterocycles. The summed E-state index contributed by atoms with van der Waals surface area (Å²) >= 11 is 0. The van der Waals surface area contributed by atoms with Gasteiger partial charge in [-0.3, -0.25) is 4.79 Å². The molecular weight excluding hydrogens is 340 g/mol. The van der Waals surface area contributed by atoms with E-state index in [-0.39, 0.29) is 5.54 Å². The van der Waals surface area contributed by atoms with Crippen LogP contribution in [0.15, 0.2) is 0 Å². The van der Waals surface area contributed by atoms with Crippen LogP contribution in [0.2, 0.25) is 0 Å². The fraction of sp³-hybridized carbons (Fsp3) is 0.909. The average Bonchev–Trinajstić information content (AvgIpc) is 2.57. The van der Waals surface area contributed by atoms with E-state index in [2.05, 4.69) is 5.32 Å². The fourth-order valence-electron chi connectivity index (χ4n) is 6.24. The highest BCUT2D eigenvalue weighted by Crippen LogP contribution is 2.55. The van der Waals surface area contributed by atoms with E-state index in [1.807, 2.05) is 0 Å². The van der Waals surface area contributed by atoms with E-state index >= 15 is 0 Å². The zero-order valence-corrected chi connectivity index (χ0v) is 16.8. The first-order valence-electron chi connectivity index (χ1n) is 11.3. The Labute approximate surface area is 164 Å². The molecule has 4 bridgehead atoms. The molecule has 4 rings (SSSR count). The van der Waals surface area contributed by atoms with Crippen molar-refractivity contribution in [2.24, 2.45) is 23.5 Å². The van der Waals surface area contributed by atoms with Crippen molar-refractivity contribution in [2.75, 3.05) is 6.61 Å². The van der Waals surface area contributed by atoms with Crippen molar-refractivity contribution in [3.8, 4) is 0 Å². The lowest BCUT2D eigenvalue weighted by Crippen LogP contribution is -2.59. The molecule has 5 heteroatoms. The number of hydrogen-bond donors (Lipinski definition) is 2. The van der Waals surface area contributed by atoms with Crippen molar-refractivity contribution in [1.29, 1.82) is 0 Å². The molecule has 0 aromatic rings. The third-order valence-electron chi connectivity index (χ3n) is 6.99. The monoisotopic (exact) mass is 378 g/mol. The van der Waals surface area contributed by atoms with Crippen LogP contribution in [0.3, 0.4) is 0 Å². The summed E-state index contributed by atoms with van der Waals surface area (Å²) < 4.78 is 4.71. The van der Waals surface area contributed by atoms with Crippen LogP contribution >= 0.6 is 0 Å². The smallest absolute Gasteiger partial charge is 0.404 e. The van der Waals surface area contributed by atoms with E-state index < -0.39 is 6.09 Å². The van der Waals surface area contributed by atoms with Gasteiger partial charge in [-0.2, -0.15) is 0 Å². The lowest BCUT2D eigenvalue weighted by molar-refractivity contribution is -0.127. The number of nitrogens with one attached hydrogen (secondary N) is 1. The molecule has 0 aromatic heterocycles. The van der Waals surface area contributed by atoms with Crippen LogP contribution < -0.4 is 11.1 Å². The van der Waals surface area contributed by atoms with Crippen LogP contribution in [0, 0.1) is 17.8 Å². The number of carbonyl (C=O) groups excluding carboxylic acids is 2.